The number of nitrogens with zero attached hydrogens (tertiary/aromatic N) is 3. The van der Waals surface area contributed by atoms with Gasteiger partial charge in [-0.15, -0.1) is 0 Å². The van der Waals surface area contributed by atoms with Crippen LogP contribution < -0.4 is 0 Å². The van der Waals surface area contributed by atoms with Crippen LogP contribution in [0.2, 0.25) is 0 Å². The zero-order valence-electron chi connectivity index (χ0n) is 17.8. The third-order valence-corrected chi connectivity index (χ3v) is 7.44. The van der Waals surface area contributed by atoms with Crippen LogP contribution in [-0.4, -0.2) is 55.0 Å². The van der Waals surface area contributed by atoms with Crippen LogP contribution in [0.3, 0.4) is 0 Å². The standard InChI is InChI=1S/C22H20F3N3O4S/c1-12-9-19(27-21-15(12)3-4-18(26-21)22(29)32-2)20-16(24)10-14(11-17(20)25)33(30,31)28-7-5-13(23)6-8-28/h3-4,9-11,13H,5-8H2,1-2H3. The Morgan fingerprint density at radius 3 is 2.33 bits per heavy atom. The molecule has 1 saturated heterocycles. The third-order valence-electron chi connectivity index (χ3n) is 5.57. The molecule has 1 aromatic carbocycles. The van der Waals surface area contributed by atoms with Crippen molar-refractivity contribution in [2.45, 2.75) is 30.8 Å². The average Bonchev–Trinajstić information content (AvgIpc) is 2.78. The number of aromatic nitrogens is 2. The van der Waals surface area contributed by atoms with E-state index in [9.17, 15) is 17.6 Å². The van der Waals surface area contributed by atoms with Crippen molar-refractivity contribution in [1.29, 1.82) is 0 Å². The molecule has 0 radical (unpaired) electrons. The van der Waals surface area contributed by atoms with E-state index in [4.69, 9.17) is 0 Å². The van der Waals surface area contributed by atoms with Crippen molar-refractivity contribution in [2.24, 2.45) is 0 Å². The van der Waals surface area contributed by atoms with Crippen LogP contribution in [0.15, 0.2) is 35.2 Å². The Hall–Kier alpha value is -3.05. The van der Waals surface area contributed by atoms with E-state index in [0.29, 0.717) is 10.9 Å². The highest BCUT2D eigenvalue weighted by atomic mass is 32.2. The second-order valence-electron chi connectivity index (χ2n) is 7.72. The molecule has 1 aliphatic rings. The summed E-state index contributed by atoms with van der Waals surface area (Å²) in [5, 5.41) is 0.572. The van der Waals surface area contributed by atoms with E-state index in [1.54, 1.807) is 13.0 Å². The van der Waals surface area contributed by atoms with Gasteiger partial charge in [0.25, 0.3) is 0 Å². The zero-order valence-corrected chi connectivity index (χ0v) is 18.6. The SMILES string of the molecule is COC(=O)c1ccc2c(C)cc(-c3c(F)cc(S(=O)(=O)N4CCC(F)CC4)cc3F)nc2n1. The number of alkyl halides is 1. The summed E-state index contributed by atoms with van der Waals surface area (Å²) in [4.78, 5) is 19.5. The van der Waals surface area contributed by atoms with E-state index in [1.165, 1.54) is 19.2 Å². The fraction of sp³-hybridized carbons (Fsp3) is 0.318. The first-order valence-corrected chi connectivity index (χ1v) is 11.6. The molecule has 0 atom stereocenters. The molecule has 0 N–H and O–H groups in total. The lowest BCUT2D eigenvalue weighted by Gasteiger charge is -2.28. The van der Waals surface area contributed by atoms with E-state index in [0.717, 1.165) is 16.4 Å². The monoisotopic (exact) mass is 479 g/mol. The summed E-state index contributed by atoms with van der Waals surface area (Å²) in [6, 6.07) is 5.96. The number of ether oxygens (including phenoxy) is 1. The lowest BCUT2D eigenvalue weighted by atomic mass is 10.1. The highest BCUT2D eigenvalue weighted by Gasteiger charge is 2.31. The molecule has 0 aliphatic carbocycles. The molecule has 1 fully saturated rings. The first-order valence-electron chi connectivity index (χ1n) is 10.1. The Morgan fingerprint density at radius 1 is 1.09 bits per heavy atom. The highest BCUT2D eigenvalue weighted by Crippen LogP contribution is 2.31. The lowest BCUT2D eigenvalue weighted by molar-refractivity contribution is 0.0594. The van der Waals surface area contributed by atoms with E-state index < -0.39 is 44.3 Å². The zero-order chi connectivity index (χ0) is 23.9. The van der Waals surface area contributed by atoms with Crippen molar-refractivity contribution >= 4 is 27.0 Å². The van der Waals surface area contributed by atoms with Gasteiger partial charge in [-0.2, -0.15) is 4.31 Å². The molecule has 33 heavy (non-hydrogen) atoms. The van der Waals surface area contributed by atoms with Gasteiger partial charge in [-0.3, -0.25) is 0 Å². The van der Waals surface area contributed by atoms with E-state index in [-0.39, 0.29) is 43.0 Å². The number of esters is 1. The normalized spacial score (nSPS) is 15.7. The molecule has 0 spiro atoms. The van der Waals surface area contributed by atoms with Gasteiger partial charge in [0, 0.05) is 18.5 Å². The number of carbonyl (C=O) groups is 1. The first kappa shape index (κ1) is 23.1. The molecule has 0 unspecified atom stereocenters. The number of pyridine rings is 2. The fourth-order valence-electron chi connectivity index (χ4n) is 3.77. The van der Waals surface area contributed by atoms with Crippen LogP contribution in [0.5, 0.6) is 0 Å². The number of carbonyl (C=O) groups excluding carboxylic acids is 1. The van der Waals surface area contributed by atoms with Gasteiger partial charge in [-0.1, -0.05) is 0 Å². The lowest BCUT2D eigenvalue weighted by Crippen LogP contribution is -2.39. The minimum Gasteiger partial charge on any atom is -0.464 e. The van der Waals surface area contributed by atoms with Crippen molar-refractivity contribution < 1.29 is 31.1 Å². The van der Waals surface area contributed by atoms with Gasteiger partial charge in [-0.05, 0) is 55.7 Å². The Kier molecular flexibility index (Phi) is 6.10. The molecule has 3 aromatic rings. The van der Waals surface area contributed by atoms with Gasteiger partial charge in [0.1, 0.15) is 17.8 Å². The van der Waals surface area contributed by atoms with Crippen molar-refractivity contribution in [3.05, 3.63) is 53.2 Å². The summed E-state index contributed by atoms with van der Waals surface area (Å²) in [6.07, 6.45) is -1.03. The summed E-state index contributed by atoms with van der Waals surface area (Å²) >= 11 is 0. The Bertz CT molecular complexity index is 1330. The number of hydrogen-bond donors (Lipinski definition) is 0. The van der Waals surface area contributed by atoms with Crippen molar-refractivity contribution in [3.63, 3.8) is 0 Å². The largest absolute Gasteiger partial charge is 0.464 e. The van der Waals surface area contributed by atoms with E-state index in [2.05, 4.69) is 14.7 Å². The van der Waals surface area contributed by atoms with E-state index in [1.807, 2.05) is 0 Å². The maximum absolute atomic E-state index is 15.0. The van der Waals surface area contributed by atoms with Gasteiger partial charge in [0.2, 0.25) is 10.0 Å². The van der Waals surface area contributed by atoms with Crippen LogP contribution in [-0.2, 0) is 14.8 Å². The second-order valence-corrected chi connectivity index (χ2v) is 9.66. The van der Waals surface area contributed by atoms with Gasteiger partial charge in [-0.25, -0.2) is 36.4 Å². The maximum Gasteiger partial charge on any atom is 0.356 e. The first-order chi connectivity index (χ1) is 15.6. The molecule has 174 valence electrons. The molecule has 0 amide bonds. The average molecular weight is 479 g/mol. The van der Waals surface area contributed by atoms with Gasteiger partial charge < -0.3 is 4.74 Å². The van der Waals surface area contributed by atoms with Crippen molar-refractivity contribution in [3.8, 4) is 11.3 Å². The molecular formula is C22H20F3N3O4S. The van der Waals surface area contributed by atoms with Crippen LogP contribution in [0.4, 0.5) is 13.2 Å². The van der Waals surface area contributed by atoms with Gasteiger partial charge >= 0.3 is 5.97 Å². The number of piperidine rings is 1. The number of halogens is 3. The molecular weight excluding hydrogens is 459 g/mol. The summed E-state index contributed by atoms with van der Waals surface area (Å²) < 4.78 is 74.7. The molecule has 11 heteroatoms. The van der Waals surface area contributed by atoms with Gasteiger partial charge in [0.05, 0.1) is 23.3 Å². The number of fused-ring (bicyclic) bond motifs is 1. The Morgan fingerprint density at radius 2 is 1.73 bits per heavy atom. The number of rotatable bonds is 4. The number of hydrogen-bond acceptors (Lipinski definition) is 6. The molecule has 2 aromatic heterocycles. The number of aryl methyl sites for hydroxylation is 1. The predicted octanol–water partition coefficient (Wildman–Crippen LogP) is 3.79. The molecule has 0 saturated carbocycles. The second kappa shape index (κ2) is 8.71. The summed E-state index contributed by atoms with van der Waals surface area (Å²) in [6.45, 7) is 1.57. The number of methoxy groups -OCH3 is 1. The fourth-order valence-corrected chi connectivity index (χ4v) is 5.27. The minimum absolute atomic E-state index is 0.0199. The smallest absolute Gasteiger partial charge is 0.356 e. The number of benzene rings is 1. The molecule has 3 heterocycles. The predicted molar refractivity (Wildman–Crippen MR) is 114 cm³/mol. The topological polar surface area (TPSA) is 89.5 Å². The third kappa shape index (κ3) is 4.30. The molecule has 7 nitrogen and oxygen atoms in total. The van der Waals surface area contributed by atoms with Crippen molar-refractivity contribution in [2.75, 3.05) is 20.2 Å². The maximum atomic E-state index is 15.0. The summed E-state index contributed by atoms with van der Waals surface area (Å²) in [5.41, 5.74) is 0.0351. The Balaban J connectivity index is 1.77. The number of sulfonamides is 1. The summed E-state index contributed by atoms with van der Waals surface area (Å²) in [7, 11) is -2.99. The van der Waals surface area contributed by atoms with Crippen LogP contribution in [0.25, 0.3) is 22.3 Å². The highest BCUT2D eigenvalue weighted by molar-refractivity contribution is 7.89. The molecule has 1 aliphatic heterocycles. The minimum atomic E-state index is -4.19. The van der Waals surface area contributed by atoms with Crippen molar-refractivity contribution in [1.82, 2.24) is 14.3 Å². The van der Waals surface area contributed by atoms with Gasteiger partial charge in [0.15, 0.2) is 11.3 Å². The van der Waals surface area contributed by atoms with Crippen LogP contribution in [0, 0.1) is 18.6 Å². The summed E-state index contributed by atoms with van der Waals surface area (Å²) in [5.74, 6) is -2.93. The molecule has 0 bridgehead atoms. The Labute approximate surface area is 188 Å². The van der Waals surface area contributed by atoms with E-state index >= 15 is 8.78 Å². The quantitative estimate of drug-likeness (QED) is 0.529. The van der Waals surface area contributed by atoms with Crippen LogP contribution in [0.1, 0.15) is 28.9 Å². The molecule has 4 rings (SSSR count). The van der Waals surface area contributed by atoms with Crippen LogP contribution >= 0.6 is 0 Å².